The van der Waals surface area contributed by atoms with Gasteiger partial charge in [-0.15, -0.1) is 0 Å². The first-order chi connectivity index (χ1) is 12.2. The zero-order chi connectivity index (χ0) is 19.1. The summed E-state index contributed by atoms with van der Waals surface area (Å²) in [6, 6.07) is 8.80. The second-order valence-corrected chi connectivity index (χ2v) is 8.04. The minimum atomic E-state index is -4.36. The highest BCUT2D eigenvalue weighted by Crippen LogP contribution is 2.39. The van der Waals surface area contributed by atoms with Gasteiger partial charge in [-0.1, -0.05) is 41.4 Å². The molecule has 0 unspecified atom stereocenters. The molecule has 0 saturated carbocycles. The van der Waals surface area contributed by atoms with Gasteiger partial charge >= 0.3 is 5.97 Å². The Morgan fingerprint density at radius 3 is 2.54 bits per heavy atom. The molecule has 2 aromatic carbocycles. The van der Waals surface area contributed by atoms with Crippen LogP contribution in [-0.4, -0.2) is 31.4 Å². The molecule has 0 aromatic heterocycles. The number of carboxylic acid groups (broad SMARTS) is 1. The van der Waals surface area contributed by atoms with Gasteiger partial charge < -0.3 is 10.4 Å². The number of nitrogens with one attached hydrogen (secondary N) is 1. The fourth-order valence-corrected chi connectivity index (χ4v) is 5.06. The predicted molar refractivity (Wildman–Crippen MR) is 97.2 cm³/mol. The van der Waals surface area contributed by atoms with Crippen LogP contribution in [0.3, 0.4) is 0 Å². The van der Waals surface area contributed by atoms with E-state index >= 15 is 0 Å². The number of para-hydroxylation sites is 2. The first kappa shape index (κ1) is 18.5. The molecule has 0 radical (unpaired) electrons. The van der Waals surface area contributed by atoms with Gasteiger partial charge in [0.1, 0.15) is 10.9 Å². The minimum Gasteiger partial charge on any atom is -0.481 e. The van der Waals surface area contributed by atoms with E-state index in [-0.39, 0.29) is 26.3 Å². The number of carbonyl (C=O) groups excluding carboxylic acids is 1. The van der Waals surface area contributed by atoms with Crippen molar-refractivity contribution in [3.8, 4) is 0 Å². The smallest absolute Gasteiger partial charge is 0.306 e. The fraction of sp³-hybridized carbons (Fsp3) is 0.125. The van der Waals surface area contributed by atoms with Gasteiger partial charge in [0.05, 0.1) is 27.8 Å². The zero-order valence-corrected chi connectivity index (χ0v) is 15.3. The number of anilines is 2. The molecule has 1 amide bonds. The Bertz CT molecular complexity index is 1010. The summed E-state index contributed by atoms with van der Waals surface area (Å²) < 4.78 is 27.3. The molecule has 1 aliphatic rings. The molecule has 1 atom stereocenters. The van der Waals surface area contributed by atoms with E-state index in [2.05, 4.69) is 5.32 Å². The fourth-order valence-electron chi connectivity index (χ4n) is 2.69. The van der Waals surface area contributed by atoms with Gasteiger partial charge in [-0.05, 0) is 24.3 Å². The molecule has 136 valence electrons. The number of carboxylic acids is 1. The number of fused-ring (bicyclic) bond motifs is 1. The first-order valence-electron chi connectivity index (χ1n) is 7.33. The van der Waals surface area contributed by atoms with Crippen molar-refractivity contribution in [3.05, 3.63) is 52.5 Å². The van der Waals surface area contributed by atoms with Crippen molar-refractivity contribution >= 4 is 56.5 Å². The maximum Gasteiger partial charge on any atom is 0.306 e. The highest BCUT2D eigenvalue weighted by Gasteiger charge is 2.42. The van der Waals surface area contributed by atoms with Crippen LogP contribution in [0.25, 0.3) is 0 Å². The lowest BCUT2D eigenvalue weighted by molar-refractivity contribution is -0.138. The first-order valence-corrected chi connectivity index (χ1v) is 9.53. The molecule has 10 heteroatoms. The summed E-state index contributed by atoms with van der Waals surface area (Å²) in [6.45, 7) is 0. The summed E-state index contributed by atoms with van der Waals surface area (Å²) >= 11 is 12.0. The van der Waals surface area contributed by atoms with E-state index in [1.54, 1.807) is 12.1 Å². The molecule has 0 bridgehead atoms. The Labute approximate surface area is 159 Å². The largest absolute Gasteiger partial charge is 0.481 e. The Kier molecular flexibility index (Phi) is 4.83. The average molecular weight is 415 g/mol. The van der Waals surface area contributed by atoms with Gasteiger partial charge in [0.2, 0.25) is 5.91 Å². The molecule has 0 fully saturated rings. The van der Waals surface area contributed by atoms with Crippen LogP contribution in [0.1, 0.15) is 6.42 Å². The van der Waals surface area contributed by atoms with E-state index in [0.717, 1.165) is 4.31 Å². The maximum absolute atomic E-state index is 13.3. The second-order valence-electron chi connectivity index (χ2n) is 5.47. The van der Waals surface area contributed by atoms with E-state index in [0.29, 0.717) is 0 Å². The van der Waals surface area contributed by atoms with Gasteiger partial charge in [0.15, 0.2) is 0 Å². The van der Waals surface area contributed by atoms with Gasteiger partial charge in [0, 0.05) is 0 Å². The molecule has 0 aliphatic carbocycles. The van der Waals surface area contributed by atoms with Crippen LogP contribution in [0.4, 0.5) is 11.4 Å². The summed E-state index contributed by atoms with van der Waals surface area (Å²) in [5.74, 6) is -2.06. The van der Waals surface area contributed by atoms with Gasteiger partial charge in [-0.3, -0.25) is 13.9 Å². The molecule has 26 heavy (non-hydrogen) atoms. The predicted octanol–water partition coefficient (Wildman–Crippen LogP) is 2.98. The summed E-state index contributed by atoms with van der Waals surface area (Å²) in [6.07, 6.45) is -0.711. The van der Waals surface area contributed by atoms with E-state index in [9.17, 15) is 18.0 Å². The van der Waals surface area contributed by atoms with Gasteiger partial charge in [-0.25, -0.2) is 8.42 Å². The number of amides is 1. The van der Waals surface area contributed by atoms with Crippen LogP contribution < -0.4 is 9.62 Å². The average Bonchev–Trinajstić information content (AvgIpc) is 2.57. The van der Waals surface area contributed by atoms with Crippen LogP contribution in [0.15, 0.2) is 47.4 Å². The molecule has 2 aromatic rings. The lowest BCUT2D eigenvalue weighted by Crippen LogP contribution is -2.51. The van der Waals surface area contributed by atoms with Crippen molar-refractivity contribution in [2.24, 2.45) is 0 Å². The number of carbonyl (C=O) groups is 2. The number of sulfonamides is 1. The third kappa shape index (κ3) is 3.11. The van der Waals surface area contributed by atoms with Crippen LogP contribution in [0.2, 0.25) is 10.0 Å². The SMILES string of the molecule is O=C(O)C[C@@H]1C(=O)Nc2ccccc2N1S(=O)(=O)c1cccc(Cl)c1Cl. The molecule has 1 heterocycles. The Morgan fingerprint density at radius 1 is 1.15 bits per heavy atom. The topological polar surface area (TPSA) is 104 Å². The standard InChI is InChI=1S/C16H12Cl2N2O5S/c17-9-4-3-7-13(15(9)18)26(24,25)20-11-6-2-1-5-10(11)19-16(23)12(20)8-14(21)22/h1-7,12H,8H2,(H,19,23)(H,21,22)/t12-/m1/s1. The summed E-state index contributed by atoms with van der Waals surface area (Å²) in [5, 5.41) is 11.5. The number of benzene rings is 2. The van der Waals surface area contributed by atoms with E-state index < -0.39 is 34.4 Å². The van der Waals surface area contributed by atoms with Crippen molar-refractivity contribution in [2.75, 3.05) is 9.62 Å². The number of nitrogens with zero attached hydrogens (tertiary/aromatic N) is 1. The van der Waals surface area contributed by atoms with Crippen molar-refractivity contribution in [1.29, 1.82) is 0 Å². The van der Waals surface area contributed by atoms with Crippen LogP contribution in [0.5, 0.6) is 0 Å². The number of aliphatic carboxylic acids is 1. The molecule has 7 nitrogen and oxygen atoms in total. The lowest BCUT2D eigenvalue weighted by atomic mass is 10.1. The molecule has 2 N–H and O–H groups in total. The van der Waals surface area contributed by atoms with Crippen LogP contribution in [-0.2, 0) is 19.6 Å². The number of rotatable bonds is 4. The summed E-state index contributed by atoms with van der Waals surface area (Å²) in [5.41, 5.74) is 0.398. The summed E-state index contributed by atoms with van der Waals surface area (Å²) in [4.78, 5) is 23.3. The van der Waals surface area contributed by atoms with Crippen molar-refractivity contribution in [3.63, 3.8) is 0 Å². The van der Waals surface area contributed by atoms with E-state index in [4.69, 9.17) is 28.3 Å². The third-order valence-electron chi connectivity index (χ3n) is 3.81. The molecule has 0 spiro atoms. The minimum absolute atomic E-state index is 0.0253. The number of hydrogen-bond donors (Lipinski definition) is 2. The highest BCUT2D eigenvalue weighted by atomic mass is 35.5. The quantitative estimate of drug-likeness (QED) is 0.799. The Balaban J connectivity index is 2.24. The zero-order valence-electron chi connectivity index (χ0n) is 13.0. The van der Waals surface area contributed by atoms with E-state index in [1.165, 1.54) is 30.3 Å². The lowest BCUT2D eigenvalue weighted by Gasteiger charge is -2.36. The highest BCUT2D eigenvalue weighted by molar-refractivity contribution is 7.93. The van der Waals surface area contributed by atoms with Crippen LogP contribution in [0, 0.1) is 0 Å². The molecular weight excluding hydrogens is 403 g/mol. The number of halogens is 2. The number of hydrogen-bond acceptors (Lipinski definition) is 4. The normalized spacial score (nSPS) is 16.8. The third-order valence-corrected chi connectivity index (χ3v) is 6.60. The Morgan fingerprint density at radius 2 is 1.85 bits per heavy atom. The molecule has 1 aliphatic heterocycles. The van der Waals surface area contributed by atoms with Crippen molar-refractivity contribution < 1.29 is 23.1 Å². The Hall–Kier alpha value is -2.29. The van der Waals surface area contributed by atoms with Gasteiger partial charge in [0.25, 0.3) is 10.0 Å². The maximum atomic E-state index is 13.3. The summed E-state index contributed by atoms with van der Waals surface area (Å²) in [7, 11) is -4.36. The van der Waals surface area contributed by atoms with E-state index in [1.807, 2.05) is 0 Å². The monoisotopic (exact) mass is 414 g/mol. The van der Waals surface area contributed by atoms with Gasteiger partial charge in [-0.2, -0.15) is 0 Å². The van der Waals surface area contributed by atoms with Crippen molar-refractivity contribution in [2.45, 2.75) is 17.4 Å². The van der Waals surface area contributed by atoms with Crippen molar-refractivity contribution in [1.82, 2.24) is 0 Å². The molecule has 0 saturated heterocycles. The second kappa shape index (κ2) is 6.79. The van der Waals surface area contributed by atoms with Crippen LogP contribution >= 0.6 is 23.2 Å². The molecular formula is C16H12Cl2N2O5S. The molecule has 3 rings (SSSR count).